The molecule has 0 saturated heterocycles. The molecule has 1 aromatic carbocycles. The minimum Gasteiger partial charge on any atom is -0.440 e. The number of hydrogen-bond donors (Lipinski definition) is 1. The van der Waals surface area contributed by atoms with Crippen LogP contribution in [0, 0.1) is 5.92 Å². The third-order valence-electron chi connectivity index (χ3n) is 3.33. The van der Waals surface area contributed by atoms with E-state index in [0.717, 1.165) is 29.2 Å². The van der Waals surface area contributed by atoms with E-state index in [-0.39, 0.29) is 0 Å². The fraction of sp³-hybridized carbons (Fsp3) is 0.562. The molecule has 3 heteroatoms. The highest BCUT2D eigenvalue weighted by Gasteiger charge is 2.09. The van der Waals surface area contributed by atoms with Crippen LogP contribution in [-0.4, -0.2) is 11.5 Å². The molecular weight excluding hydrogens is 236 g/mol. The molecule has 2 rings (SSSR count). The van der Waals surface area contributed by atoms with Crippen molar-refractivity contribution in [3.05, 3.63) is 24.1 Å². The quantitative estimate of drug-likeness (QED) is 0.810. The Labute approximate surface area is 115 Å². The van der Waals surface area contributed by atoms with E-state index in [1.54, 1.807) is 0 Å². The number of hydrogen-bond acceptors (Lipinski definition) is 3. The molecule has 0 aliphatic carbocycles. The normalized spacial score (nSPS) is 13.1. The predicted octanol–water partition coefficient (Wildman–Crippen LogP) is 4.80. The van der Waals surface area contributed by atoms with Crippen LogP contribution in [0.5, 0.6) is 0 Å². The fourth-order valence-electron chi connectivity index (χ4n) is 2.19. The van der Waals surface area contributed by atoms with Crippen LogP contribution in [0.15, 0.2) is 22.6 Å². The zero-order valence-electron chi connectivity index (χ0n) is 12.4. The molecule has 3 nitrogen and oxygen atoms in total. The van der Waals surface area contributed by atoms with Crippen molar-refractivity contribution >= 4 is 16.8 Å². The lowest BCUT2D eigenvalue weighted by Gasteiger charge is -2.12. The van der Waals surface area contributed by atoms with Crippen LogP contribution in [-0.2, 0) is 0 Å². The zero-order chi connectivity index (χ0) is 13.8. The number of fused-ring (bicyclic) bond motifs is 1. The molecule has 0 bridgehead atoms. The molecule has 19 heavy (non-hydrogen) atoms. The molecule has 1 heterocycles. The Bertz CT molecular complexity index is 531. The van der Waals surface area contributed by atoms with Gasteiger partial charge in [0.2, 0.25) is 0 Å². The third-order valence-corrected chi connectivity index (χ3v) is 3.33. The topological polar surface area (TPSA) is 38.1 Å². The number of nitrogens with one attached hydrogen (secondary N) is 1. The second-order valence-corrected chi connectivity index (χ2v) is 5.66. The highest BCUT2D eigenvalue weighted by atomic mass is 16.3. The molecule has 0 spiro atoms. The van der Waals surface area contributed by atoms with Crippen molar-refractivity contribution in [1.82, 2.24) is 4.98 Å². The molecule has 0 aliphatic heterocycles. The highest BCUT2D eigenvalue weighted by molar-refractivity contribution is 5.77. The van der Waals surface area contributed by atoms with E-state index in [4.69, 9.17) is 4.42 Å². The molecule has 0 saturated carbocycles. The standard InChI is InChI=1S/C16H24N2O/c1-5-6-12(4)10-17-13-7-8-15-14(9-13)18-16(19-15)11(2)3/h7-9,11-12,17H,5-6,10H2,1-4H3. The van der Waals surface area contributed by atoms with Crippen LogP contribution in [0.4, 0.5) is 5.69 Å². The maximum atomic E-state index is 5.71. The molecule has 1 N–H and O–H groups in total. The molecule has 104 valence electrons. The SMILES string of the molecule is CCCC(C)CNc1ccc2oc(C(C)C)nc2c1. The number of rotatable bonds is 6. The zero-order valence-corrected chi connectivity index (χ0v) is 12.4. The smallest absolute Gasteiger partial charge is 0.198 e. The van der Waals surface area contributed by atoms with E-state index < -0.39 is 0 Å². The van der Waals surface area contributed by atoms with Crippen LogP contribution in [0.25, 0.3) is 11.1 Å². The van der Waals surface area contributed by atoms with Gasteiger partial charge in [0.05, 0.1) is 0 Å². The van der Waals surface area contributed by atoms with Gasteiger partial charge in [-0.25, -0.2) is 4.98 Å². The lowest BCUT2D eigenvalue weighted by molar-refractivity contribution is 0.501. The van der Waals surface area contributed by atoms with Crippen molar-refractivity contribution < 1.29 is 4.42 Å². The molecule has 0 aliphatic rings. The molecular formula is C16H24N2O. The second-order valence-electron chi connectivity index (χ2n) is 5.66. The summed E-state index contributed by atoms with van der Waals surface area (Å²) in [5.74, 6) is 1.84. The maximum Gasteiger partial charge on any atom is 0.198 e. The van der Waals surface area contributed by atoms with Gasteiger partial charge >= 0.3 is 0 Å². The summed E-state index contributed by atoms with van der Waals surface area (Å²) in [6, 6.07) is 6.14. The van der Waals surface area contributed by atoms with Gasteiger partial charge in [0.1, 0.15) is 5.52 Å². The van der Waals surface area contributed by atoms with Crippen molar-refractivity contribution in [3.8, 4) is 0 Å². The molecule has 0 radical (unpaired) electrons. The largest absolute Gasteiger partial charge is 0.440 e. The molecule has 2 aromatic rings. The van der Waals surface area contributed by atoms with Crippen molar-refractivity contribution in [2.45, 2.75) is 46.5 Å². The highest BCUT2D eigenvalue weighted by Crippen LogP contribution is 2.23. The van der Waals surface area contributed by atoms with Gasteiger partial charge in [-0.15, -0.1) is 0 Å². The molecule has 0 fully saturated rings. The maximum absolute atomic E-state index is 5.71. The van der Waals surface area contributed by atoms with Gasteiger partial charge < -0.3 is 9.73 Å². The van der Waals surface area contributed by atoms with E-state index >= 15 is 0 Å². The minimum absolute atomic E-state index is 0.327. The summed E-state index contributed by atoms with van der Waals surface area (Å²) in [5, 5.41) is 3.48. The summed E-state index contributed by atoms with van der Waals surface area (Å²) in [6.45, 7) is 9.70. The molecule has 1 atom stereocenters. The fourth-order valence-corrected chi connectivity index (χ4v) is 2.19. The van der Waals surface area contributed by atoms with E-state index in [9.17, 15) is 0 Å². The first kappa shape index (κ1) is 13.9. The number of anilines is 1. The lowest BCUT2D eigenvalue weighted by atomic mass is 10.1. The van der Waals surface area contributed by atoms with Crippen LogP contribution < -0.4 is 5.32 Å². The number of benzene rings is 1. The van der Waals surface area contributed by atoms with Crippen molar-refractivity contribution in [1.29, 1.82) is 0 Å². The summed E-state index contributed by atoms with van der Waals surface area (Å²) >= 11 is 0. The summed E-state index contributed by atoms with van der Waals surface area (Å²) in [7, 11) is 0. The van der Waals surface area contributed by atoms with Crippen molar-refractivity contribution in [2.24, 2.45) is 5.92 Å². The average molecular weight is 260 g/mol. The first-order valence-corrected chi connectivity index (χ1v) is 7.24. The minimum atomic E-state index is 0.327. The summed E-state index contributed by atoms with van der Waals surface area (Å²) in [4.78, 5) is 4.53. The Morgan fingerprint density at radius 1 is 1.26 bits per heavy atom. The Morgan fingerprint density at radius 3 is 2.74 bits per heavy atom. The Kier molecular flexibility index (Phi) is 4.46. The van der Waals surface area contributed by atoms with Gasteiger partial charge in [-0.2, -0.15) is 0 Å². The van der Waals surface area contributed by atoms with Crippen LogP contribution >= 0.6 is 0 Å². The third kappa shape index (κ3) is 3.49. The Morgan fingerprint density at radius 2 is 2.05 bits per heavy atom. The average Bonchev–Trinajstić information content (AvgIpc) is 2.80. The van der Waals surface area contributed by atoms with Gasteiger partial charge in [-0.05, 0) is 30.5 Å². The van der Waals surface area contributed by atoms with Gasteiger partial charge in [-0.1, -0.05) is 34.1 Å². The first-order chi connectivity index (χ1) is 9.10. The van der Waals surface area contributed by atoms with E-state index in [2.05, 4.69) is 50.1 Å². The summed E-state index contributed by atoms with van der Waals surface area (Å²) < 4.78 is 5.71. The molecule has 1 aromatic heterocycles. The molecule has 1 unspecified atom stereocenters. The van der Waals surface area contributed by atoms with Crippen LogP contribution in [0.1, 0.15) is 52.3 Å². The summed E-state index contributed by atoms with van der Waals surface area (Å²) in [6.07, 6.45) is 2.50. The van der Waals surface area contributed by atoms with Gasteiger partial charge in [0.15, 0.2) is 11.5 Å². The van der Waals surface area contributed by atoms with E-state index in [1.165, 1.54) is 12.8 Å². The Hall–Kier alpha value is -1.51. The first-order valence-electron chi connectivity index (χ1n) is 7.24. The molecule has 0 amide bonds. The van der Waals surface area contributed by atoms with Gasteiger partial charge in [-0.3, -0.25) is 0 Å². The van der Waals surface area contributed by atoms with Gasteiger partial charge in [0, 0.05) is 18.2 Å². The van der Waals surface area contributed by atoms with E-state index in [0.29, 0.717) is 11.8 Å². The predicted molar refractivity (Wildman–Crippen MR) is 80.7 cm³/mol. The number of aromatic nitrogens is 1. The Balaban J connectivity index is 2.08. The van der Waals surface area contributed by atoms with Gasteiger partial charge in [0.25, 0.3) is 0 Å². The van der Waals surface area contributed by atoms with Crippen molar-refractivity contribution in [2.75, 3.05) is 11.9 Å². The summed E-state index contributed by atoms with van der Waals surface area (Å²) in [5.41, 5.74) is 2.94. The van der Waals surface area contributed by atoms with Crippen LogP contribution in [0.2, 0.25) is 0 Å². The number of oxazole rings is 1. The number of nitrogens with zero attached hydrogens (tertiary/aromatic N) is 1. The van der Waals surface area contributed by atoms with Crippen molar-refractivity contribution in [3.63, 3.8) is 0 Å². The monoisotopic (exact) mass is 260 g/mol. The van der Waals surface area contributed by atoms with Crippen LogP contribution in [0.3, 0.4) is 0 Å². The van der Waals surface area contributed by atoms with E-state index in [1.807, 2.05) is 6.07 Å². The lowest BCUT2D eigenvalue weighted by Crippen LogP contribution is -2.10. The second kappa shape index (κ2) is 6.09.